The number of nitrogens with one attached hydrogen (secondary N) is 1. The van der Waals surface area contributed by atoms with Crippen LogP contribution in [0.4, 0.5) is 0 Å². The summed E-state index contributed by atoms with van der Waals surface area (Å²) in [5.41, 5.74) is 0. The second kappa shape index (κ2) is 3.47. The van der Waals surface area contributed by atoms with Crippen molar-refractivity contribution in [2.45, 2.75) is 6.54 Å². The van der Waals surface area contributed by atoms with E-state index in [0.717, 1.165) is 0 Å². The van der Waals surface area contributed by atoms with Crippen LogP contribution in [0.3, 0.4) is 0 Å². The Kier molecular flexibility index (Phi) is 2.34. The molecule has 56 valence electrons. The van der Waals surface area contributed by atoms with Crippen LogP contribution in [0.5, 0.6) is 0 Å². The number of amides is 1. The molecule has 0 saturated heterocycles. The highest BCUT2D eigenvalue weighted by atomic mass is 16.3. The first-order valence-electron chi connectivity index (χ1n) is 3.10. The van der Waals surface area contributed by atoms with Crippen molar-refractivity contribution in [3.8, 4) is 12.3 Å². The summed E-state index contributed by atoms with van der Waals surface area (Å²) in [7, 11) is 0. The fraction of sp³-hybridized carbons (Fsp3) is 0.125. The molecule has 1 N–H and O–H groups in total. The maximum atomic E-state index is 10.5. The summed E-state index contributed by atoms with van der Waals surface area (Å²) in [5.74, 6) is 2.19. The number of terminal acetylenes is 1. The predicted octanol–water partition coefficient (Wildman–Crippen LogP) is 0.529. The van der Waals surface area contributed by atoms with Gasteiger partial charge in [0, 0.05) is 0 Å². The smallest absolute Gasteiger partial charge is 0.296 e. The van der Waals surface area contributed by atoms with Crippen molar-refractivity contribution >= 4 is 5.91 Å². The van der Waals surface area contributed by atoms with Crippen LogP contribution in [-0.2, 0) is 11.3 Å². The molecule has 0 unspecified atom stereocenters. The van der Waals surface area contributed by atoms with E-state index in [4.69, 9.17) is 10.8 Å². The molecule has 0 aromatic carbocycles. The van der Waals surface area contributed by atoms with Gasteiger partial charge < -0.3 is 9.73 Å². The number of hydrogen-bond acceptors (Lipinski definition) is 2. The minimum Gasteiger partial charge on any atom is -0.467 e. The van der Waals surface area contributed by atoms with Crippen LogP contribution in [0.2, 0.25) is 0 Å². The summed E-state index contributed by atoms with van der Waals surface area (Å²) in [6.07, 6.45) is 6.36. The summed E-state index contributed by atoms with van der Waals surface area (Å²) in [4.78, 5) is 10.5. The van der Waals surface area contributed by atoms with Gasteiger partial charge >= 0.3 is 0 Å². The molecular weight excluding hydrogens is 142 g/mol. The zero-order chi connectivity index (χ0) is 8.10. The van der Waals surface area contributed by atoms with Gasteiger partial charge in [0.15, 0.2) is 0 Å². The molecule has 0 radical (unpaired) electrons. The minimum absolute atomic E-state index is 0.343. The Hall–Kier alpha value is -1.69. The van der Waals surface area contributed by atoms with E-state index < -0.39 is 5.91 Å². The van der Waals surface area contributed by atoms with Crippen LogP contribution >= 0.6 is 0 Å². The SMILES string of the molecule is C#CC(=O)NCc1ccco1. The van der Waals surface area contributed by atoms with E-state index in [1.807, 2.05) is 5.92 Å². The highest BCUT2D eigenvalue weighted by Gasteiger charge is 1.96. The number of hydrogen-bond donors (Lipinski definition) is 1. The lowest BCUT2D eigenvalue weighted by Gasteiger charge is -1.94. The maximum absolute atomic E-state index is 10.5. The average Bonchev–Trinajstić information content (AvgIpc) is 2.52. The van der Waals surface area contributed by atoms with Gasteiger partial charge in [-0.2, -0.15) is 0 Å². The molecule has 0 saturated carbocycles. The average molecular weight is 149 g/mol. The molecule has 11 heavy (non-hydrogen) atoms. The topological polar surface area (TPSA) is 42.2 Å². The van der Waals surface area contributed by atoms with Gasteiger partial charge in [0.1, 0.15) is 5.76 Å². The van der Waals surface area contributed by atoms with E-state index in [1.54, 1.807) is 12.1 Å². The molecule has 0 atom stereocenters. The molecule has 1 heterocycles. The molecule has 0 fully saturated rings. The van der Waals surface area contributed by atoms with Crippen LogP contribution < -0.4 is 5.32 Å². The third kappa shape index (κ3) is 2.18. The zero-order valence-electron chi connectivity index (χ0n) is 5.83. The molecule has 0 aliphatic rings. The van der Waals surface area contributed by atoms with Crippen molar-refractivity contribution in [3.63, 3.8) is 0 Å². The summed E-state index contributed by atoms with van der Waals surface area (Å²) < 4.78 is 4.95. The Morgan fingerprint density at radius 1 is 1.82 bits per heavy atom. The largest absolute Gasteiger partial charge is 0.467 e. The standard InChI is InChI=1S/C8H7NO2/c1-2-8(10)9-6-7-4-3-5-11-7/h1,3-5H,6H2,(H,9,10). The molecule has 0 spiro atoms. The van der Waals surface area contributed by atoms with Gasteiger partial charge in [-0.05, 0) is 18.1 Å². The van der Waals surface area contributed by atoms with Gasteiger partial charge in [0.05, 0.1) is 12.8 Å². The lowest BCUT2D eigenvalue weighted by Crippen LogP contribution is -2.19. The molecule has 0 aliphatic carbocycles. The summed E-state index contributed by atoms with van der Waals surface area (Å²) >= 11 is 0. The van der Waals surface area contributed by atoms with Gasteiger partial charge in [-0.1, -0.05) is 0 Å². The van der Waals surface area contributed by atoms with Gasteiger partial charge in [0.2, 0.25) is 0 Å². The maximum Gasteiger partial charge on any atom is 0.296 e. The molecule has 1 aromatic rings. The lowest BCUT2D eigenvalue weighted by atomic mass is 10.4. The molecule has 0 bridgehead atoms. The third-order valence-electron chi connectivity index (χ3n) is 1.13. The van der Waals surface area contributed by atoms with Crippen molar-refractivity contribution in [1.29, 1.82) is 0 Å². The van der Waals surface area contributed by atoms with Gasteiger partial charge in [-0.3, -0.25) is 4.79 Å². The van der Waals surface area contributed by atoms with Crippen molar-refractivity contribution in [2.75, 3.05) is 0 Å². The first-order valence-corrected chi connectivity index (χ1v) is 3.10. The van der Waals surface area contributed by atoms with Crippen LogP contribution in [0.15, 0.2) is 22.8 Å². The van der Waals surface area contributed by atoms with Crippen LogP contribution in [0, 0.1) is 12.3 Å². The van der Waals surface area contributed by atoms with E-state index in [1.165, 1.54) is 6.26 Å². The number of carbonyl (C=O) groups excluding carboxylic acids is 1. The fourth-order valence-electron chi connectivity index (χ4n) is 0.632. The van der Waals surface area contributed by atoms with E-state index >= 15 is 0 Å². The number of furan rings is 1. The summed E-state index contributed by atoms with van der Waals surface area (Å²) in [5, 5.41) is 2.47. The first-order chi connectivity index (χ1) is 5.33. The van der Waals surface area contributed by atoms with E-state index in [-0.39, 0.29) is 0 Å². The van der Waals surface area contributed by atoms with E-state index in [9.17, 15) is 4.79 Å². The molecule has 0 aliphatic heterocycles. The second-order valence-electron chi connectivity index (χ2n) is 1.91. The Morgan fingerprint density at radius 2 is 2.64 bits per heavy atom. The predicted molar refractivity (Wildman–Crippen MR) is 39.4 cm³/mol. The van der Waals surface area contributed by atoms with Crippen molar-refractivity contribution in [3.05, 3.63) is 24.2 Å². The first kappa shape index (κ1) is 7.42. The Labute approximate surface area is 64.4 Å². The quantitative estimate of drug-likeness (QED) is 0.623. The molecule has 1 aromatic heterocycles. The van der Waals surface area contributed by atoms with E-state index in [2.05, 4.69) is 5.32 Å². The molecule has 3 nitrogen and oxygen atoms in total. The summed E-state index contributed by atoms with van der Waals surface area (Å²) in [6.45, 7) is 0.343. The highest BCUT2D eigenvalue weighted by Crippen LogP contribution is 1.97. The van der Waals surface area contributed by atoms with Crippen molar-refractivity contribution < 1.29 is 9.21 Å². The van der Waals surface area contributed by atoms with E-state index in [0.29, 0.717) is 12.3 Å². The van der Waals surface area contributed by atoms with Crippen LogP contribution in [0.1, 0.15) is 5.76 Å². The third-order valence-corrected chi connectivity index (χ3v) is 1.13. The van der Waals surface area contributed by atoms with Gasteiger partial charge in [-0.25, -0.2) is 0 Å². The fourth-order valence-corrected chi connectivity index (χ4v) is 0.632. The molecule has 3 heteroatoms. The molecular formula is C8H7NO2. The monoisotopic (exact) mass is 149 g/mol. The van der Waals surface area contributed by atoms with Gasteiger partial charge in [-0.15, -0.1) is 6.42 Å². The van der Waals surface area contributed by atoms with Crippen LogP contribution in [-0.4, -0.2) is 5.91 Å². The normalized spacial score (nSPS) is 8.64. The summed E-state index contributed by atoms with van der Waals surface area (Å²) in [6, 6.07) is 3.51. The number of carbonyl (C=O) groups is 1. The lowest BCUT2D eigenvalue weighted by molar-refractivity contribution is -0.115. The minimum atomic E-state index is -0.429. The van der Waals surface area contributed by atoms with Crippen molar-refractivity contribution in [2.24, 2.45) is 0 Å². The number of rotatable bonds is 2. The molecule has 1 amide bonds. The second-order valence-corrected chi connectivity index (χ2v) is 1.91. The Bertz CT molecular complexity index is 269. The zero-order valence-corrected chi connectivity index (χ0v) is 5.83. The Morgan fingerprint density at radius 3 is 3.18 bits per heavy atom. The van der Waals surface area contributed by atoms with Crippen LogP contribution in [0.25, 0.3) is 0 Å². The Balaban J connectivity index is 2.36. The van der Waals surface area contributed by atoms with Gasteiger partial charge in [0.25, 0.3) is 5.91 Å². The van der Waals surface area contributed by atoms with Crippen molar-refractivity contribution in [1.82, 2.24) is 5.32 Å². The molecule has 1 rings (SSSR count). The highest BCUT2D eigenvalue weighted by molar-refractivity contribution is 5.92.